The van der Waals surface area contributed by atoms with E-state index in [0.29, 0.717) is 25.8 Å². The molecule has 21 heavy (non-hydrogen) atoms. The van der Waals surface area contributed by atoms with Crippen molar-refractivity contribution in [3.05, 3.63) is 0 Å². The molecule has 1 heterocycles. The van der Waals surface area contributed by atoms with Crippen LogP contribution in [0.5, 0.6) is 0 Å². The third-order valence-corrected chi connectivity index (χ3v) is 3.61. The van der Waals surface area contributed by atoms with Crippen molar-refractivity contribution in [2.45, 2.75) is 38.8 Å². The molecule has 1 unspecified atom stereocenters. The first-order valence-corrected chi connectivity index (χ1v) is 6.86. The number of carboxylic acids is 1. The Morgan fingerprint density at radius 1 is 1.38 bits per heavy atom. The first-order chi connectivity index (χ1) is 9.70. The molecule has 0 aromatic rings. The van der Waals surface area contributed by atoms with Crippen molar-refractivity contribution < 1.29 is 32.6 Å². The zero-order valence-electron chi connectivity index (χ0n) is 11.9. The number of aliphatic carboxylic acids is 1. The zero-order chi connectivity index (χ0) is 16.1. The molecule has 1 saturated heterocycles. The molecule has 1 aliphatic heterocycles. The highest BCUT2D eigenvalue weighted by Crippen LogP contribution is 2.35. The van der Waals surface area contributed by atoms with Gasteiger partial charge in [-0.2, -0.15) is 13.2 Å². The van der Waals surface area contributed by atoms with Crippen LogP contribution < -0.4 is 0 Å². The van der Waals surface area contributed by atoms with Crippen molar-refractivity contribution in [3.8, 4) is 0 Å². The van der Waals surface area contributed by atoms with E-state index in [1.807, 2.05) is 6.92 Å². The number of likely N-dealkylation sites (tertiary alicyclic amines) is 1. The van der Waals surface area contributed by atoms with E-state index in [9.17, 15) is 27.9 Å². The first kappa shape index (κ1) is 17.7. The largest absolute Gasteiger partial charge is 0.481 e. The quantitative estimate of drug-likeness (QED) is 0.731. The van der Waals surface area contributed by atoms with Crippen LogP contribution >= 0.6 is 0 Å². The van der Waals surface area contributed by atoms with Gasteiger partial charge in [-0.25, -0.2) is 0 Å². The summed E-state index contributed by atoms with van der Waals surface area (Å²) in [7, 11) is 0. The maximum absolute atomic E-state index is 11.9. The topological polar surface area (TPSA) is 66.8 Å². The van der Waals surface area contributed by atoms with Gasteiger partial charge in [-0.3, -0.25) is 9.59 Å². The predicted octanol–water partition coefficient (Wildman–Crippen LogP) is 2.06. The summed E-state index contributed by atoms with van der Waals surface area (Å²) in [6, 6.07) is 0. The molecule has 1 N–H and O–H groups in total. The van der Waals surface area contributed by atoms with E-state index in [4.69, 9.17) is 0 Å². The standard InChI is InChI=1S/C13H20F3NO4/c1-2-4-12(11(19)20)5-6-17(8-12)10(18)3-7-21-9-13(14,15)16/h2-9H2,1H3,(H,19,20). The van der Waals surface area contributed by atoms with Crippen LogP contribution in [0, 0.1) is 5.41 Å². The average Bonchev–Trinajstić information content (AvgIpc) is 2.79. The lowest BCUT2D eigenvalue weighted by Gasteiger charge is -2.24. The fourth-order valence-corrected chi connectivity index (χ4v) is 2.55. The molecule has 5 nitrogen and oxygen atoms in total. The van der Waals surface area contributed by atoms with Crippen LogP contribution in [-0.2, 0) is 14.3 Å². The van der Waals surface area contributed by atoms with E-state index >= 15 is 0 Å². The molecule has 0 bridgehead atoms. The highest BCUT2D eigenvalue weighted by Gasteiger charge is 2.45. The van der Waals surface area contributed by atoms with Crippen molar-refractivity contribution in [1.82, 2.24) is 4.90 Å². The predicted molar refractivity (Wildman–Crippen MR) is 67.7 cm³/mol. The molecule has 1 atom stereocenters. The lowest BCUT2D eigenvalue weighted by Crippen LogP contribution is -2.37. The fraction of sp³-hybridized carbons (Fsp3) is 0.846. The number of carbonyl (C=O) groups excluding carboxylic acids is 1. The average molecular weight is 311 g/mol. The number of carboxylic acid groups (broad SMARTS) is 1. The summed E-state index contributed by atoms with van der Waals surface area (Å²) in [6.07, 6.45) is -3.01. The summed E-state index contributed by atoms with van der Waals surface area (Å²) < 4.78 is 40.0. The molecule has 1 aliphatic rings. The molecule has 0 spiro atoms. The molecule has 1 fully saturated rings. The molecule has 0 aromatic heterocycles. The van der Waals surface area contributed by atoms with Crippen molar-refractivity contribution in [1.29, 1.82) is 0 Å². The van der Waals surface area contributed by atoms with Crippen molar-refractivity contribution >= 4 is 11.9 Å². The third kappa shape index (κ3) is 5.18. The smallest absolute Gasteiger partial charge is 0.411 e. The third-order valence-electron chi connectivity index (χ3n) is 3.61. The number of ether oxygens (including phenoxy) is 1. The minimum Gasteiger partial charge on any atom is -0.481 e. The Morgan fingerprint density at radius 3 is 2.57 bits per heavy atom. The Morgan fingerprint density at radius 2 is 2.05 bits per heavy atom. The highest BCUT2D eigenvalue weighted by atomic mass is 19.4. The van der Waals surface area contributed by atoms with E-state index in [1.54, 1.807) is 0 Å². The van der Waals surface area contributed by atoms with Crippen LogP contribution in [0.1, 0.15) is 32.6 Å². The Labute approximate surface area is 121 Å². The van der Waals surface area contributed by atoms with Gasteiger partial charge in [0.2, 0.25) is 5.91 Å². The molecular formula is C13H20F3NO4. The van der Waals surface area contributed by atoms with E-state index in [-0.39, 0.29) is 25.5 Å². The molecular weight excluding hydrogens is 291 g/mol. The Kier molecular flexibility index (Phi) is 6.00. The lowest BCUT2D eigenvalue weighted by molar-refractivity contribution is -0.175. The van der Waals surface area contributed by atoms with E-state index in [0.717, 1.165) is 0 Å². The molecule has 1 amide bonds. The summed E-state index contributed by atoms with van der Waals surface area (Å²) in [5.41, 5.74) is -0.919. The molecule has 0 saturated carbocycles. The van der Waals surface area contributed by atoms with Crippen LogP contribution in [-0.4, -0.2) is 54.4 Å². The van der Waals surface area contributed by atoms with Gasteiger partial charge in [0.15, 0.2) is 0 Å². The van der Waals surface area contributed by atoms with Gasteiger partial charge in [0.25, 0.3) is 0 Å². The van der Waals surface area contributed by atoms with Crippen LogP contribution in [0.25, 0.3) is 0 Å². The van der Waals surface area contributed by atoms with Gasteiger partial charge in [-0.05, 0) is 12.8 Å². The lowest BCUT2D eigenvalue weighted by atomic mass is 9.83. The molecule has 0 aliphatic carbocycles. The van der Waals surface area contributed by atoms with Gasteiger partial charge in [0.1, 0.15) is 6.61 Å². The number of nitrogens with zero attached hydrogens (tertiary/aromatic N) is 1. The van der Waals surface area contributed by atoms with E-state index in [1.165, 1.54) is 4.90 Å². The maximum Gasteiger partial charge on any atom is 0.411 e. The number of amides is 1. The number of rotatable bonds is 7. The monoisotopic (exact) mass is 311 g/mol. The maximum atomic E-state index is 11.9. The summed E-state index contributed by atoms with van der Waals surface area (Å²) in [6.45, 7) is 0.622. The Hall–Kier alpha value is -1.31. The van der Waals surface area contributed by atoms with Crippen LogP contribution in [0.2, 0.25) is 0 Å². The molecule has 122 valence electrons. The van der Waals surface area contributed by atoms with Crippen molar-refractivity contribution in [3.63, 3.8) is 0 Å². The molecule has 8 heteroatoms. The fourth-order valence-electron chi connectivity index (χ4n) is 2.55. The first-order valence-electron chi connectivity index (χ1n) is 6.86. The van der Waals surface area contributed by atoms with Crippen LogP contribution in [0.15, 0.2) is 0 Å². The number of hydrogen-bond acceptors (Lipinski definition) is 3. The summed E-state index contributed by atoms with van der Waals surface area (Å²) >= 11 is 0. The van der Waals surface area contributed by atoms with Gasteiger partial charge in [0.05, 0.1) is 18.4 Å². The van der Waals surface area contributed by atoms with E-state index < -0.39 is 24.2 Å². The van der Waals surface area contributed by atoms with Gasteiger partial charge >= 0.3 is 12.1 Å². The zero-order valence-corrected chi connectivity index (χ0v) is 11.9. The second-order valence-corrected chi connectivity index (χ2v) is 5.32. The van der Waals surface area contributed by atoms with E-state index in [2.05, 4.69) is 4.74 Å². The van der Waals surface area contributed by atoms with Crippen molar-refractivity contribution in [2.75, 3.05) is 26.3 Å². The minimum absolute atomic E-state index is 0.119. The van der Waals surface area contributed by atoms with Gasteiger partial charge in [-0.15, -0.1) is 0 Å². The van der Waals surface area contributed by atoms with Crippen LogP contribution in [0.4, 0.5) is 13.2 Å². The minimum atomic E-state index is -4.41. The Balaban J connectivity index is 2.41. The summed E-state index contributed by atoms with van der Waals surface area (Å²) in [4.78, 5) is 24.6. The normalized spacial score (nSPS) is 22.6. The number of halogens is 3. The number of carbonyl (C=O) groups is 2. The second-order valence-electron chi connectivity index (χ2n) is 5.32. The molecule has 0 radical (unpaired) electrons. The summed E-state index contributed by atoms with van der Waals surface area (Å²) in [5.74, 6) is -1.29. The highest BCUT2D eigenvalue weighted by molar-refractivity contribution is 5.80. The van der Waals surface area contributed by atoms with Crippen molar-refractivity contribution in [2.24, 2.45) is 5.41 Å². The SMILES string of the molecule is CCCC1(C(=O)O)CCN(C(=O)CCOCC(F)(F)F)C1. The second kappa shape index (κ2) is 7.11. The summed E-state index contributed by atoms with van der Waals surface area (Å²) in [5, 5.41) is 9.31. The van der Waals surface area contributed by atoms with Gasteiger partial charge in [0, 0.05) is 13.1 Å². The van der Waals surface area contributed by atoms with Gasteiger partial charge in [-0.1, -0.05) is 13.3 Å². The Bertz CT molecular complexity index is 386. The number of hydrogen-bond donors (Lipinski definition) is 1. The van der Waals surface area contributed by atoms with Crippen LogP contribution in [0.3, 0.4) is 0 Å². The van der Waals surface area contributed by atoms with Gasteiger partial charge < -0.3 is 14.7 Å². The number of alkyl halides is 3. The molecule has 0 aromatic carbocycles. The molecule has 1 rings (SSSR count).